The fourth-order valence-corrected chi connectivity index (χ4v) is 2.16. The lowest BCUT2D eigenvalue weighted by atomic mass is 10.1. The molecule has 2 heterocycles. The average molecular weight is 272 g/mol. The molecule has 0 atom stereocenters. The second-order valence-corrected chi connectivity index (χ2v) is 4.40. The molecule has 0 spiro atoms. The highest BCUT2D eigenvalue weighted by Gasteiger charge is 2.09. The molecule has 0 radical (unpaired) electrons. The molecule has 1 aromatic carbocycles. The predicted octanol–water partition coefficient (Wildman–Crippen LogP) is 3.35. The average Bonchev–Trinajstić information content (AvgIpc) is 2.46. The van der Waals surface area contributed by atoms with Crippen LogP contribution in [0, 0.1) is 0 Å². The number of benzene rings is 1. The Morgan fingerprint density at radius 1 is 1.00 bits per heavy atom. The van der Waals surface area contributed by atoms with E-state index < -0.39 is 0 Å². The van der Waals surface area contributed by atoms with Crippen LogP contribution in [0.5, 0.6) is 5.88 Å². The fourth-order valence-electron chi connectivity index (χ4n) is 1.95. The topological polar surface area (TPSA) is 47.9 Å². The number of fused-ring (bicyclic) bond motifs is 1. The van der Waals surface area contributed by atoms with Gasteiger partial charge in [0.05, 0.1) is 18.1 Å². The summed E-state index contributed by atoms with van der Waals surface area (Å²) in [6.07, 6.45) is 5.00. The van der Waals surface area contributed by atoms with Gasteiger partial charge in [0.15, 0.2) is 0 Å². The maximum absolute atomic E-state index is 6.13. The summed E-state index contributed by atoms with van der Waals surface area (Å²) in [6, 6.07) is 7.40. The molecule has 0 unspecified atom stereocenters. The van der Waals surface area contributed by atoms with E-state index in [1.165, 1.54) is 0 Å². The van der Waals surface area contributed by atoms with Crippen molar-refractivity contribution in [2.24, 2.45) is 0 Å². The van der Waals surface area contributed by atoms with Crippen LogP contribution in [0.3, 0.4) is 0 Å². The molecular formula is C14H10ClN3O. The Hall–Kier alpha value is -2.20. The lowest BCUT2D eigenvalue weighted by Gasteiger charge is -2.07. The molecule has 0 aliphatic heterocycles. The van der Waals surface area contributed by atoms with E-state index in [9.17, 15) is 0 Å². The van der Waals surface area contributed by atoms with Crippen molar-refractivity contribution in [1.82, 2.24) is 15.0 Å². The zero-order valence-corrected chi connectivity index (χ0v) is 10.9. The highest BCUT2D eigenvalue weighted by molar-refractivity contribution is 6.31. The first kappa shape index (κ1) is 11.9. The number of aromatic nitrogens is 3. The van der Waals surface area contributed by atoms with Crippen molar-refractivity contribution in [1.29, 1.82) is 0 Å². The Morgan fingerprint density at radius 3 is 2.68 bits per heavy atom. The van der Waals surface area contributed by atoms with Crippen molar-refractivity contribution < 1.29 is 4.74 Å². The van der Waals surface area contributed by atoms with Gasteiger partial charge in [0, 0.05) is 35.2 Å². The van der Waals surface area contributed by atoms with Gasteiger partial charge < -0.3 is 4.74 Å². The van der Waals surface area contributed by atoms with E-state index in [-0.39, 0.29) is 0 Å². The van der Waals surface area contributed by atoms with Gasteiger partial charge in [-0.1, -0.05) is 11.6 Å². The molecule has 5 heteroatoms. The van der Waals surface area contributed by atoms with Gasteiger partial charge >= 0.3 is 0 Å². The zero-order chi connectivity index (χ0) is 13.2. The van der Waals surface area contributed by atoms with Crippen molar-refractivity contribution in [2.45, 2.75) is 0 Å². The summed E-state index contributed by atoms with van der Waals surface area (Å²) in [7, 11) is 1.59. The van der Waals surface area contributed by atoms with Gasteiger partial charge in [-0.15, -0.1) is 0 Å². The second kappa shape index (κ2) is 4.82. The van der Waals surface area contributed by atoms with E-state index >= 15 is 0 Å². The molecule has 3 aromatic rings. The van der Waals surface area contributed by atoms with Gasteiger partial charge in [0.2, 0.25) is 5.88 Å². The number of ether oxygens (including phenoxy) is 1. The molecule has 2 aromatic heterocycles. The summed E-state index contributed by atoms with van der Waals surface area (Å²) >= 11 is 6.13. The normalized spacial score (nSPS) is 10.6. The Balaban J connectivity index is 2.29. The Bertz CT molecular complexity index is 746. The van der Waals surface area contributed by atoms with Crippen LogP contribution >= 0.6 is 11.6 Å². The van der Waals surface area contributed by atoms with E-state index in [4.69, 9.17) is 16.3 Å². The molecule has 0 aliphatic rings. The lowest BCUT2D eigenvalue weighted by Crippen LogP contribution is -1.90. The van der Waals surface area contributed by atoms with Crippen LogP contribution in [0.4, 0.5) is 0 Å². The van der Waals surface area contributed by atoms with Crippen LogP contribution in [0.15, 0.2) is 42.9 Å². The van der Waals surface area contributed by atoms with E-state index in [0.717, 1.165) is 22.2 Å². The highest BCUT2D eigenvalue weighted by Crippen LogP contribution is 2.30. The van der Waals surface area contributed by atoms with Gasteiger partial charge in [0.25, 0.3) is 0 Å². The molecule has 0 amide bonds. The van der Waals surface area contributed by atoms with Gasteiger partial charge in [-0.25, -0.2) is 4.98 Å². The van der Waals surface area contributed by atoms with E-state index in [1.54, 1.807) is 31.8 Å². The largest absolute Gasteiger partial charge is 0.481 e. The first-order valence-corrected chi connectivity index (χ1v) is 6.06. The van der Waals surface area contributed by atoms with Gasteiger partial charge in [0.1, 0.15) is 0 Å². The number of hydrogen-bond acceptors (Lipinski definition) is 4. The van der Waals surface area contributed by atoms with Crippen molar-refractivity contribution in [3.05, 3.63) is 47.9 Å². The second-order valence-electron chi connectivity index (χ2n) is 3.96. The van der Waals surface area contributed by atoms with E-state index in [1.807, 2.05) is 18.2 Å². The van der Waals surface area contributed by atoms with Crippen LogP contribution in [0.1, 0.15) is 0 Å². The summed E-state index contributed by atoms with van der Waals surface area (Å²) < 4.78 is 5.14. The minimum absolute atomic E-state index is 0.550. The first-order valence-electron chi connectivity index (χ1n) is 5.68. The molecule has 0 saturated carbocycles. The summed E-state index contributed by atoms with van der Waals surface area (Å²) in [4.78, 5) is 12.7. The maximum atomic E-state index is 6.13. The Morgan fingerprint density at radius 2 is 1.84 bits per heavy atom. The Labute approximate surface area is 115 Å². The van der Waals surface area contributed by atoms with Crippen LogP contribution in [0.2, 0.25) is 5.02 Å². The molecule has 19 heavy (non-hydrogen) atoms. The first-order chi connectivity index (χ1) is 9.28. The van der Waals surface area contributed by atoms with Gasteiger partial charge in [-0.3, -0.25) is 9.97 Å². The van der Waals surface area contributed by atoms with Crippen LogP contribution in [0.25, 0.3) is 22.2 Å². The van der Waals surface area contributed by atoms with Gasteiger partial charge in [-0.05, 0) is 23.8 Å². The maximum Gasteiger partial charge on any atom is 0.213 e. The number of pyridine rings is 1. The summed E-state index contributed by atoms with van der Waals surface area (Å²) in [6.45, 7) is 0. The third-order valence-electron chi connectivity index (χ3n) is 2.79. The van der Waals surface area contributed by atoms with Crippen molar-refractivity contribution >= 4 is 22.6 Å². The molecule has 4 nitrogen and oxygen atoms in total. The fraction of sp³-hybridized carbons (Fsp3) is 0.0714. The molecule has 0 saturated heterocycles. The third kappa shape index (κ3) is 2.22. The third-order valence-corrected chi connectivity index (χ3v) is 3.01. The molecule has 0 bridgehead atoms. The number of methoxy groups -OCH3 is 1. The molecule has 0 N–H and O–H groups in total. The van der Waals surface area contributed by atoms with Crippen molar-refractivity contribution in [2.75, 3.05) is 7.11 Å². The SMILES string of the molecule is COc1cc(-c2cc(Cl)cc3nccnc23)ccn1. The minimum atomic E-state index is 0.550. The molecule has 3 rings (SSSR count). The smallest absolute Gasteiger partial charge is 0.213 e. The molecular weight excluding hydrogens is 262 g/mol. The summed E-state index contributed by atoms with van der Waals surface area (Å²) in [5.41, 5.74) is 3.43. The van der Waals surface area contributed by atoms with E-state index in [0.29, 0.717) is 10.9 Å². The Kier molecular flexibility index (Phi) is 3.01. The number of rotatable bonds is 2. The van der Waals surface area contributed by atoms with E-state index in [2.05, 4.69) is 15.0 Å². The molecule has 94 valence electrons. The number of hydrogen-bond donors (Lipinski definition) is 0. The van der Waals surface area contributed by atoms with Crippen LogP contribution in [-0.4, -0.2) is 22.1 Å². The standard InChI is InChI=1S/C14H10ClN3O/c1-19-13-6-9(2-3-17-13)11-7-10(15)8-12-14(11)18-5-4-16-12/h2-8H,1H3. The number of nitrogens with zero attached hydrogens (tertiary/aromatic N) is 3. The lowest BCUT2D eigenvalue weighted by molar-refractivity contribution is 0.398. The summed E-state index contributed by atoms with van der Waals surface area (Å²) in [5.74, 6) is 0.550. The minimum Gasteiger partial charge on any atom is -0.481 e. The van der Waals surface area contributed by atoms with Crippen molar-refractivity contribution in [3.8, 4) is 17.0 Å². The monoisotopic (exact) mass is 271 g/mol. The van der Waals surface area contributed by atoms with Gasteiger partial charge in [-0.2, -0.15) is 0 Å². The zero-order valence-electron chi connectivity index (χ0n) is 10.2. The summed E-state index contributed by atoms with van der Waals surface area (Å²) in [5, 5.41) is 0.624. The highest BCUT2D eigenvalue weighted by atomic mass is 35.5. The predicted molar refractivity (Wildman–Crippen MR) is 74.3 cm³/mol. The molecule has 0 aliphatic carbocycles. The number of halogens is 1. The quantitative estimate of drug-likeness (QED) is 0.717. The molecule has 0 fully saturated rings. The van der Waals surface area contributed by atoms with Crippen molar-refractivity contribution in [3.63, 3.8) is 0 Å². The van der Waals surface area contributed by atoms with Crippen LogP contribution in [-0.2, 0) is 0 Å². The van der Waals surface area contributed by atoms with Crippen LogP contribution < -0.4 is 4.74 Å².